The maximum atomic E-state index is 12.5. The molecule has 1 unspecified atom stereocenters. The molecule has 3 aliphatic rings. The normalized spacial score (nSPS) is 29.2. The van der Waals surface area contributed by atoms with Crippen LogP contribution in [0.4, 0.5) is 0 Å². The zero-order valence-corrected chi connectivity index (χ0v) is 14.9. The summed E-state index contributed by atoms with van der Waals surface area (Å²) in [5.41, 5.74) is 1.94. The number of ether oxygens (including phenoxy) is 1. The summed E-state index contributed by atoms with van der Waals surface area (Å²) in [5, 5.41) is 10.5. The molecular formula is C20H24O4. The van der Waals surface area contributed by atoms with Crippen molar-refractivity contribution in [1.29, 1.82) is 0 Å². The van der Waals surface area contributed by atoms with Crippen molar-refractivity contribution in [1.82, 2.24) is 0 Å². The van der Waals surface area contributed by atoms with Crippen molar-refractivity contribution in [2.75, 3.05) is 0 Å². The predicted molar refractivity (Wildman–Crippen MR) is 91.3 cm³/mol. The second-order valence-electron chi connectivity index (χ2n) is 8.01. The van der Waals surface area contributed by atoms with Crippen LogP contribution in [-0.2, 0) is 14.3 Å². The van der Waals surface area contributed by atoms with Crippen molar-refractivity contribution in [3.8, 4) is 0 Å². The Bertz CT molecular complexity index is 759. The van der Waals surface area contributed by atoms with Gasteiger partial charge in [0.05, 0.1) is 6.42 Å². The lowest BCUT2D eigenvalue weighted by molar-refractivity contribution is -0.162. The van der Waals surface area contributed by atoms with Gasteiger partial charge < -0.3 is 9.84 Å². The van der Waals surface area contributed by atoms with Crippen LogP contribution >= 0.6 is 0 Å². The lowest BCUT2D eigenvalue weighted by atomic mass is 9.67. The molecule has 1 N–H and O–H groups in total. The summed E-state index contributed by atoms with van der Waals surface area (Å²) in [6.07, 6.45) is 6.49. The molecule has 0 bridgehead atoms. The average molecular weight is 328 g/mol. The first-order valence-electron chi connectivity index (χ1n) is 8.39. The van der Waals surface area contributed by atoms with Crippen LogP contribution in [0.25, 0.3) is 0 Å². The van der Waals surface area contributed by atoms with Gasteiger partial charge in [0.2, 0.25) is 5.78 Å². The number of fused-ring (bicyclic) bond motifs is 2. The summed E-state index contributed by atoms with van der Waals surface area (Å²) in [6.45, 7) is 9.65. The van der Waals surface area contributed by atoms with Gasteiger partial charge in [-0.05, 0) is 43.4 Å². The number of hydrogen-bond acceptors (Lipinski definition) is 4. The average Bonchev–Trinajstić information content (AvgIpc) is 2.58. The summed E-state index contributed by atoms with van der Waals surface area (Å²) < 4.78 is 5.53. The highest BCUT2D eigenvalue weighted by Crippen LogP contribution is 2.51. The number of carbonyl (C=O) groups excluding carboxylic acids is 2. The third-order valence-corrected chi connectivity index (χ3v) is 5.24. The number of cyclic esters (lactones) is 1. The van der Waals surface area contributed by atoms with E-state index in [1.54, 1.807) is 0 Å². The van der Waals surface area contributed by atoms with E-state index in [0.717, 1.165) is 11.1 Å². The molecular weight excluding hydrogens is 304 g/mol. The van der Waals surface area contributed by atoms with Crippen LogP contribution in [0.5, 0.6) is 0 Å². The number of rotatable bonds is 1. The van der Waals surface area contributed by atoms with Crippen molar-refractivity contribution in [2.24, 2.45) is 11.3 Å². The van der Waals surface area contributed by atoms with E-state index >= 15 is 0 Å². The minimum atomic E-state index is -0.695. The van der Waals surface area contributed by atoms with Gasteiger partial charge in [0.1, 0.15) is 5.60 Å². The highest BCUT2D eigenvalue weighted by Gasteiger charge is 2.48. The largest absolute Gasteiger partial charge is 0.504 e. The number of carbonyl (C=O) groups is 2. The van der Waals surface area contributed by atoms with E-state index in [4.69, 9.17) is 4.74 Å². The molecule has 1 aliphatic heterocycles. The molecule has 1 fully saturated rings. The second kappa shape index (κ2) is 5.20. The van der Waals surface area contributed by atoms with Crippen molar-refractivity contribution >= 4 is 11.8 Å². The number of ketones is 1. The highest BCUT2D eigenvalue weighted by atomic mass is 16.6. The Labute approximate surface area is 142 Å². The molecule has 0 aromatic carbocycles. The molecule has 0 aromatic rings. The third-order valence-electron chi connectivity index (χ3n) is 5.24. The van der Waals surface area contributed by atoms with E-state index in [0.29, 0.717) is 17.6 Å². The Kier molecular flexibility index (Phi) is 3.63. The van der Waals surface area contributed by atoms with Crippen molar-refractivity contribution in [3.63, 3.8) is 0 Å². The number of allylic oxidation sites excluding steroid dienone is 6. The van der Waals surface area contributed by atoms with Gasteiger partial charge in [-0.2, -0.15) is 0 Å². The van der Waals surface area contributed by atoms with E-state index in [1.807, 2.05) is 52.8 Å². The van der Waals surface area contributed by atoms with E-state index in [1.165, 1.54) is 0 Å². The number of aliphatic hydroxyl groups is 1. The number of aliphatic hydroxyl groups excluding tert-OH is 1. The van der Waals surface area contributed by atoms with Gasteiger partial charge in [-0.3, -0.25) is 9.59 Å². The third kappa shape index (κ3) is 2.45. The fraction of sp³-hybridized carbons (Fsp3) is 0.500. The van der Waals surface area contributed by atoms with E-state index in [9.17, 15) is 14.7 Å². The number of esters is 1. The van der Waals surface area contributed by atoms with Crippen LogP contribution < -0.4 is 0 Å². The maximum Gasteiger partial charge on any atom is 0.307 e. The van der Waals surface area contributed by atoms with Crippen LogP contribution in [-0.4, -0.2) is 22.5 Å². The van der Waals surface area contributed by atoms with Crippen LogP contribution in [0.15, 0.2) is 46.3 Å². The molecule has 1 saturated heterocycles. The molecule has 4 heteroatoms. The summed E-state index contributed by atoms with van der Waals surface area (Å²) in [6, 6.07) is 0. The Balaban J connectivity index is 2.15. The highest BCUT2D eigenvalue weighted by molar-refractivity contribution is 6.09. The molecule has 0 amide bonds. The molecule has 1 heterocycles. The quantitative estimate of drug-likeness (QED) is 0.740. The summed E-state index contributed by atoms with van der Waals surface area (Å²) >= 11 is 0. The minimum absolute atomic E-state index is 0.0391. The van der Waals surface area contributed by atoms with Gasteiger partial charge in [-0.15, -0.1) is 0 Å². The van der Waals surface area contributed by atoms with Crippen LogP contribution in [0, 0.1) is 11.3 Å². The molecule has 0 aromatic heterocycles. The van der Waals surface area contributed by atoms with Gasteiger partial charge in [-0.25, -0.2) is 0 Å². The Hall–Kier alpha value is -2.10. The van der Waals surface area contributed by atoms with Gasteiger partial charge in [0.25, 0.3) is 0 Å². The second-order valence-corrected chi connectivity index (χ2v) is 8.01. The molecule has 4 nitrogen and oxygen atoms in total. The van der Waals surface area contributed by atoms with Gasteiger partial charge in [0.15, 0.2) is 5.76 Å². The minimum Gasteiger partial charge on any atom is -0.504 e. The lowest BCUT2D eigenvalue weighted by Crippen LogP contribution is -2.45. The first-order chi connectivity index (χ1) is 11.0. The summed E-state index contributed by atoms with van der Waals surface area (Å²) in [5.74, 6) is -0.692. The molecule has 24 heavy (non-hydrogen) atoms. The van der Waals surface area contributed by atoms with Crippen LogP contribution in [0.2, 0.25) is 0 Å². The Morgan fingerprint density at radius 2 is 1.79 bits per heavy atom. The van der Waals surface area contributed by atoms with Gasteiger partial charge >= 0.3 is 5.97 Å². The molecule has 128 valence electrons. The maximum absolute atomic E-state index is 12.5. The monoisotopic (exact) mass is 328 g/mol. The summed E-state index contributed by atoms with van der Waals surface area (Å²) in [4.78, 5) is 24.6. The fourth-order valence-corrected chi connectivity index (χ4v) is 4.13. The van der Waals surface area contributed by atoms with Crippen molar-refractivity contribution in [2.45, 2.75) is 53.1 Å². The van der Waals surface area contributed by atoms with Crippen LogP contribution in [0.1, 0.15) is 47.5 Å². The molecule has 0 spiro atoms. The van der Waals surface area contributed by atoms with Crippen LogP contribution in [0.3, 0.4) is 0 Å². The molecule has 3 rings (SSSR count). The van der Waals surface area contributed by atoms with Gasteiger partial charge in [-0.1, -0.05) is 32.9 Å². The first kappa shape index (κ1) is 16.7. The van der Waals surface area contributed by atoms with E-state index < -0.39 is 11.0 Å². The number of Topliss-reactive ketones (excluding diaryl/α,β-unsaturated/α-hetero) is 1. The van der Waals surface area contributed by atoms with Gasteiger partial charge in [0, 0.05) is 16.6 Å². The molecule has 1 atom stereocenters. The van der Waals surface area contributed by atoms with E-state index in [-0.39, 0.29) is 29.9 Å². The van der Waals surface area contributed by atoms with Crippen molar-refractivity contribution < 1.29 is 19.4 Å². The standard InChI is InChI=1S/C20H24O4/c1-11(2)13-8-12-6-7-15-19(3,4)24-16(21)10-20(15,5)9-14(12)18(23)17(13)22/h6-8,11,23H,9-10H2,1-5H3. The fourth-order valence-electron chi connectivity index (χ4n) is 4.13. The predicted octanol–water partition coefficient (Wildman–Crippen LogP) is 3.95. The topological polar surface area (TPSA) is 63.6 Å². The molecule has 2 aliphatic carbocycles. The molecule has 0 radical (unpaired) electrons. The Morgan fingerprint density at radius 1 is 1.12 bits per heavy atom. The van der Waals surface area contributed by atoms with Crippen molar-refractivity contribution in [3.05, 3.63) is 46.3 Å². The lowest BCUT2D eigenvalue weighted by Gasteiger charge is -2.44. The summed E-state index contributed by atoms with van der Waals surface area (Å²) in [7, 11) is 0. The SMILES string of the molecule is CC(C)C1=CC2=CC=C3C(C)(CC(=O)OC3(C)C)CC2=C(O)C1=O. The smallest absolute Gasteiger partial charge is 0.307 e. The zero-order valence-electron chi connectivity index (χ0n) is 14.9. The zero-order chi connectivity index (χ0) is 17.9. The van der Waals surface area contributed by atoms with E-state index in [2.05, 4.69) is 0 Å². The number of hydrogen-bond donors (Lipinski definition) is 1. The Morgan fingerprint density at radius 3 is 2.42 bits per heavy atom. The first-order valence-corrected chi connectivity index (χ1v) is 8.39. The molecule has 0 saturated carbocycles.